The molecule has 2 heteroatoms. The Morgan fingerprint density at radius 3 is 2.54 bits per heavy atom. The van der Waals surface area contributed by atoms with E-state index < -0.39 is 0 Å². The minimum absolute atomic E-state index is 0.862. The second-order valence-corrected chi connectivity index (χ2v) is 8.03. The molecule has 1 saturated heterocycles. The summed E-state index contributed by atoms with van der Waals surface area (Å²) in [6.07, 6.45) is 9.12. The molecule has 1 heterocycles. The first kappa shape index (κ1) is 19.2. The van der Waals surface area contributed by atoms with Crippen molar-refractivity contribution >= 4 is 0 Å². The molecule has 1 aliphatic heterocycles. The van der Waals surface area contributed by atoms with Gasteiger partial charge in [-0.25, -0.2) is 0 Å². The van der Waals surface area contributed by atoms with Gasteiger partial charge in [0, 0.05) is 18.4 Å². The van der Waals surface area contributed by atoms with Crippen LogP contribution >= 0.6 is 0 Å². The number of nitrogens with two attached hydrogens (primary N) is 1. The third kappa shape index (κ3) is 7.63. The van der Waals surface area contributed by atoms with Gasteiger partial charge in [-0.3, -0.25) is 0 Å². The summed E-state index contributed by atoms with van der Waals surface area (Å²) >= 11 is 0. The second-order valence-electron chi connectivity index (χ2n) is 8.03. The fourth-order valence-electron chi connectivity index (χ4n) is 3.76. The average Bonchev–Trinajstić information content (AvgIpc) is 2.57. The average molecular weight is 331 g/mol. The summed E-state index contributed by atoms with van der Waals surface area (Å²) in [5, 5.41) is 2.64. The number of benzene rings is 1. The third-order valence-corrected chi connectivity index (χ3v) is 5.41. The highest BCUT2D eigenvalue weighted by molar-refractivity contribution is 5.13. The van der Waals surface area contributed by atoms with Crippen molar-refractivity contribution in [3.8, 4) is 0 Å². The van der Waals surface area contributed by atoms with Gasteiger partial charge in [-0.15, -0.1) is 0 Å². The topological polar surface area (TPSA) is 21.1 Å². The lowest BCUT2D eigenvalue weighted by atomic mass is 9.99. The third-order valence-electron chi connectivity index (χ3n) is 5.41. The Kier molecular flexibility index (Phi) is 8.55. The molecule has 1 aromatic carbocycles. The van der Waals surface area contributed by atoms with Crippen molar-refractivity contribution in [3.05, 3.63) is 47.5 Å². The van der Waals surface area contributed by atoms with Gasteiger partial charge in [0.15, 0.2) is 0 Å². The van der Waals surface area contributed by atoms with E-state index in [0.717, 1.165) is 12.0 Å². The largest absolute Gasteiger partial charge is 0.343 e. The van der Waals surface area contributed by atoms with E-state index in [2.05, 4.69) is 62.5 Å². The molecule has 1 aromatic rings. The van der Waals surface area contributed by atoms with Gasteiger partial charge in [-0.2, -0.15) is 0 Å². The molecule has 1 atom stereocenters. The predicted octanol–water partition coefficient (Wildman–Crippen LogP) is 2.57. The van der Waals surface area contributed by atoms with Crippen LogP contribution in [0.3, 0.4) is 0 Å². The monoisotopic (exact) mass is 330 g/mol. The van der Waals surface area contributed by atoms with Crippen LogP contribution in [-0.4, -0.2) is 25.7 Å². The van der Waals surface area contributed by atoms with E-state index >= 15 is 0 Å². The van der Waals surface area contributed by atoms with Crippen LogP contribution in [0.15, 0.2) is 42.0 Å². The SMILES string of the molecule is CC(C)=CCC[C@H](C)CC[NH2+]C1CC[NH+](Cc2ccccc2)CC1. The van der Waals surface area contributed by atoms with Crippen LogP contribution < -0.4 is 10.2 Å². The maximum Gasteiger partial charge on any atom is 0.103 e. The Balaban J connectivity index is 1.55. The van der Waals surface area contributed by atoms with Gasteiger partial charge in [0.2, 0.25) is 0 Å². The number of nitrogens with one attached hydrogen (secondary N) is 1. The van der Waals surface area contributed by atoms with Crippen molar-refractivity contribution in [1.82, 2.24) is 0 Å². The van der Waals surface area contributed by atoms with Crippen molar-refractivity contribution in [3.63, 3.8) is 0 Å². The highest BCUT2D eigenvalue weighted by Crippen LogP contribution is 2.10. The van der Waals surface area contributed by atoms with Crippen molar-refractivity contribution in [2.45, 2.75) is 65.5 Å². The highest BCUT2D eigenvalue weighted by atomic mass is 15.1. The Labute approximate surface area is 149 Å². The van der Waals surface area contributed by atoms with Crippen LogP contribution in [0.2, 0.25) is 0 Å². The molecule has 2 nitrogen and oxygen atoms in total. The summed E-state index contributed by atoms with van der Waals surface area (Å²) < 4.78 is 0. The molecular weight excluding hydrogens is 292 g/mol. The van der Waals surface area contributed by atoms with Crippen LogP contribution in [0.4, 0.5) is 0 Å². The Morgan fingerprint density at radius 2 is 1.88 bits per heavy atom. The molecule has 0 aliphatic carbocycles. The normalized spacial score (nSPS) is 22.1. The number of hydrogen-bond donors (Lipinski definition) is 2. The smallest absolute Gasteiger partial charge is 0.103 e. The number of quaternary nitrogens is 2. The molecule has 0 radical (unpaired) electrons. The molecule has 0 aromatic heterocycles. The molecule has 1 aliphatic rings. The zero-order valence-corrected chi connectivity index (χ0v) is 16.1. The lowest BCUT2D eigenvalue weighted by molar-refractivity contribution is -0.926. The van der Waals surface area contributed by atoms with Gasteiger partial charge >= 0.3 is 0 Å². The first-order valence-corrected chi connectivity index (χ1v) is 9.97. The minimum Gasteiger partial charge on any atom is -0.343 e. The zero-order valence-electron chi connectivity index (χ0n) is 16.1. The molecule has 0 amide bonds. The number of likely N-dealkylation sites (tertiary alicyclic amines) is 1. The summed E-state index contributed by atoms with van der Waals surface area (Å²) in [5.41, 5.74) is 2.94. The second kappa shape index (κ2) is 10.7. The van der Waals surface area contributed by atoms with Crippen LogP contribution in [0, 0.1) is 5.92 Å². The van der Waals surface area contributed by atoms with Crippen molar-refractivity contribution < 1.29 is 10.2 Å². The van der Waals surface area contributed by atoms with Gasteiger partial charge in [0.1, 0.15) is 6.54 Å². The molecule has 0 saturated carbocycles. The molecular formula is C22H38N2+2. The van der Waals surface area contributed by atoms with Crippen LogP contribution in [0.25, 0.3) is 0 Å². The number of allylic oxidation sites excluding steroid dienone is 2. The summed E-state index contributed by atoms with van der Waals surface area (Å²) in [7, 11) is 0. The van der Waals surface area contributed by atoms with E-state index in [9.17, 15) is 0 Å². The van der Waals surface area contributed by atoms with E-state index in [1.165, 1.54) is 69.4 Å². The maximum absolute atomic E-state index is 2.64. The van der Waals surface area contributed by atoms with Crippen molar-refractivity contribution in [2.24, 2.45) is 5.92 Å². The molecule has 2 rings (SSSR count). The van der Waals surface area contributed by atoms with Crippen molar-refractivity contribution in [2.75, 3.05) is 19.6 Å². The fraction of sp³-hybridized carbons (Fsp3) is 0.636. The summed E-state index contributed by atoms with van der Waals surface area (Å²) in [4.78, 5) is 1.76. The lowest BCUT2D eigenvalue weighted by Crippen LogP contribution is -3.13. The maximum atomic E-state index is 2.64. The zero-order chi connectivity index (χ0) is 17.2. The standard InChI is InChI=1S/C22H36N2/c1-19(2)8-7-9-20(3)12-15-23-22-13-16-24(17-14-22)18-21-10-5-4-6-11-21/h4-6,8,10-11,20,22-23H,7,9,12-18H2,1-3H3/p+2/t20-/m0/s1. The first-order chi connectivity index (χ1) is 11.6. The Morgan fingerprint density at radius 1 is 1.17 bits per heavy atom. The molecule has 0 bridgehead atoms. The quantitative estimate of drug-likeness (QED) is 0.650. The Hall–Kier alpha value is -1.12. The van der Waals surface area contributed by atoms with Crippen LogP contribution in [0.5, 0.6) is 0 Å². The molecule has 0 spiro atoms. The minimum atomic E-state index is 0.862. The van der Waals surface area contributed by atoms with Gasteiger partial charge in [0.25, 0.3) is 0 Å². The van der Waals surface area contributed by atoms with Gasteiger partial charge < -0.3 is 10.2 Å². The van der Waals surface area contributed by atoms with E-state index in [0.29, 0.717) is 0 Å². The summed E-state index contributed by atoms with van der Waals surface area (Å²) in [6.45, 7) is 12.0. The van der Waals surface area contributed by atoms with Crippen molar-refractivity contribution in [1.29, 1.82) is 0 Å². The fourth-order valence-corrected chi connectivity index (χ4v) is 3.76. The first-order valence-electron chi connectivity index (χ1n) is 9.97. The predicted molar refractivity (Wildman–Crippen MR) is 103 cm³/mol. The summed E-state index contributed by atoms with van der Waals surface area (Å²) in [6, 6.07) is 11.8. The van der Waals surface area contributed by atoms with Gasteiger partial charge in [-0.1, -0.05) is 48.9 Å². The highest BCUT2D eigenvalue weighted by Gasteiger charge is 2.24. The van der Waals surface area contributed by atoms with Crippen LogP contribution in [-0.2, 0) is 6.54 Å². The molecule has 3 N–H and O–H groups in total. The van der Waals surface area contributed by atoms with E-state index in [1.807, 2.05) is 0 Å². The molecule has 134 valence electrons. The van der Waals surface area contributed by atoms with E-state index in [4.69, 9.17) is 0 Å². The van der Waals surface area contributed by atoms with Gasteiger partial charge in [0.05, 0.1) is 25.7 Å². The van der Waals surface area contributed by atoms with E-state index in [-0.39, 0.29) is 0 Å². The number of rotatable bonds is 9. The number of piperidine rings is 1. The lowest BCUT2D eigenvalue weighted by Gasteiger charge is -2.28. The van der Waals surface area contributed by atoms with Crippen LogP contribution in [0.1, 0.15) is 58.4 Å². The Bertz CT molecular complexity index is 468. The molecule has 0 unspecified atom stereocenters. The summed E-state index contributed by atoms with van der Waals surface area (Å²) in [5.74, 6) is 0.862. The molecule has 1 fully saturated rings. The molecule has 24 heavy (non-hydrogen) atoms. The number of hydrogen-bond acceptors (Lipinski definition) is 0. The van der Waals surface area contributed by atoms with Gasteiger partial charge in [-0.05, 0) is 39.0 Å². The van der Waals surface area contributed by atoms with E-state index in [1.54, 1.807) is 4.90 Å².